The van der Waals surface area contributed by atoms with Gasteiger partial charge >= 0.3 is 11.9 Å². The van der Waals surface area contributed by atoms with Gasteiger partial charge in [-0.05, 0) is 6.92 Å². The minimum absolute atomic E-state index is 0.0216. The molecule has 5 N–H and O–H groups in total. The van der Waals surface area contributed by atoms with E-state index in [1.807, 2.05) is 0 Å². The zero-order chi connectivity index (χ0) is 21.0. The number of hydrogen-bond acceptors (Lipinski definition) is 10. The number of carboxylic acids is 1. The molecule has 1 saturated heterocycles. The molecule has 0 saturated carbocycles. The molecule has 11 heteroatoms. The third-order valence-corrected chi connectivity index (χ3v) is 4.61. The lowest BCUT2D eigenvalue weighted by Crippen LogP contribution is -2.60. The summed E-state index contributed by atoms with van der Waals surface area (Å²) < 4.78 is 20.8. The van der Waals surface area contributed by atoms with Crippen LogP contribution in [0.5, 0.6) is 0 Å². The van der Waals surface area contributed by atoms with Gasteiger partial charge in [-0.2, -0.15) is 0 Å². The largest absolute Gasteiger partial charge is 0.481 e. The lowest BCUT2D eigenvalue weighted by molar-refractivity contribution is -0.327. The lowest BCUT2D eigenvalue weighted by atomic mass is 9.86. The smallest absolute Gasteiger partial charge is 0.337 e. The summed E-state index contributed by atoms with van der Waals surface area (Å²) in [5.41, 5.74) is 0.244. The van der Waals surface area contributed by atoms with Gasteiger partial charge in [-0.15, -0.1) is 0 Å². The number of ether oxygens (including phenoxy) is 4. The third-order valence-electron chi connectivity index (χ3n) is 4.61. The zero-order valence-corrected chi connectivity index (χ0v) is 15.3. The molecule has 2 rings (SSSR count). The van der Waals surface area contributed by atoms with Crippen LogP contribution >= 0.6 is 0 Å². The molecule has 158 valence electrons. The van der Waals surface area contributed by atoms with Crippen LogP contribution in [0.2, 0.25) is 0 Å². The van der Waals surface area contributed by atoms with E-state index < -0.39 is 67.9 Å². The van der Waals surface area contributed by atoms with Crippen LogP contribution in [0.4, 0.5) is 0 Å². The van der Waals surface area contributed by atoms with Crippen molar-refractivity contribution < 1.29 is 54.1 Å². The van der Waals surface area contributed by atoms with E-state index in [0.29, 0.717) is 0 Å². The second kappa shape index (κ2) is 9.45. The van der Waals surface area contributed by atoms with Crippen molar-refractivity contribution >= 4 is 11.9 Å². The van der Waals surface area contributed by atoms with Crippen molar-refractivity contribution in [1.82, 2.24) is 0 Å². The first-order valence-electron chi connectivity index (χ1n) is 8.52. The molecule has 1 fully saturated rings. The molecule has 2 aliphatic rings. The fraction of sp³-hybridized carbons (Fsp3) is 0.647. The van der Waals surface area contributed by atoms with Crippen molar-refractivity contribution in [3.8, 4) is 0 Å². The highest BCUT2D eigenvalue weighted by Crippen LogP contribution is 2.35. The number of carbonyl (C=O) groups excluding carboxylic acids is 1. The first kappa shape index (κ1) is 22.3. The summed E-state index contributed by atoms with van der Waals surface area (Å²) in [6, 6.07) is 0. The summed E-state index contributed by atoms with van der Waals surface area (Å²) in [5.74, 6) is -2.86. The maximum atomic E-state index is 11.9. The first-order valence-corrected chi connectivity index (χ1v) is 8.52. The average molecular weight is 404 g/mol. The summed E-state index contributed by atoms with van der Waals surface area (Å²) in [6.07, 6.45) is -6.72. The SMILES string of the molecule is C/C=C1/[C@@H](O[C@H]2O[C@@H](CO)[C@H](O)[C@@H](O)[C@@H]2O)OC=C(C(=O)OC)[C@@H]1CC(=O)O. The highest BCUT2D eigenvalue weighted by molar-refractivity contribution is 5.90. The molecule has 2 aliphatic heterocycles. The number of hydrogen-bond donors (Lipinski definition) is 5. The van der Waals surface area contributed by atoms with Gasteiger partial charge in [0.25, 0.3) is 0 Å². The topological polar surface area (TPSA) is 172 Å². The molecule has 0 amide bonds. The Morgan fingerprint density at radius 2 is 1.89 bits per heavy atom. The Kier molecular flexibility index (Phi) is 7.52. The molecule has 0 spiro atoms. The standard InChI is InChI=1S/C17H24O11/c1-3-7-8(4-11(19)20)9(15(24)25-2)6-26-16(7)28-17-14(23)13(22)12(21)10(5-18)27-17/h3,6,8,10,12-14,16-18,21-23H,4-5H2,1-2H3,(H,19,20)/b7-3+/t8-,10+,12+,13-,14+,16-,17-/m1/s1. The minimum atomic E-state index is -1.66. The van der Waals surface area contributed by atoms with Crippen molar-refractivity contribution in [1.29, 1.82) is 0 Å². The van der Waals surface area contributed by atoms with E-state index in [-0.39, 0.29) is 11.1 Å². The molecule has 0 aromatic heterocycles. The van der Waals surface area contributed by atoms with Crippen LogP contribution in [0.15, 0.2) is 23.5 Å². The van der Waals surface area contributed by atoms with Crippen LogP contribution in [0.25, 0.3) is 0 Å². The number of carboxylic acid groups (broad SMARTS) is 1. The summed E-state index contributed by atoms with van der Waals surface area (Å²) in [4.78, 5) is 23.2. The summed E-state index contributed by atoms with van der Waals surface area (Å²) >= 11 is 0. The maximum absolute atomic E-state index is 11.9. The van der Waals surface area contributed by atoms with Crippen molar-refractivity contribution in [3.05, 3.63) is 23.5 Å². The van der Waals surface area contributed by atoms with Gasteiger partial charge < -0.3 is 44.5 Å². The number of methoxy groups -OCH3 is 1. The van der Waals surface area contributed by atoms with Crippen LogP contribution in [0.1, 0.15) is 13.3 Å². The lowest BCUT2D eigenvalue weighted by Gasteiger charge is -2.41. The van der Waals surface area contributed by atoms with Gasteiger partial charge in [-0.25, -0.2) is 4.79 Å². The Hall–Kier alpha value is -2.02. The van der Waals surface area contributed by atoms with Crippen LogP contribution in [0.3, 0.4) is 0 Å². The summed E-state index contributed by atoms with van der Waals surface area (Å²) in [5, 5.41) is 48.2. The maximum Gasteiger partial charge on any atom is 0.337 e. The molecule has 0 unspecified atom stereocenters. The van der Waals surface area contributed by atoms with Crippen molar-refractivity contribution in [2.24, 2.45) is 5.92 Å². The van der Waals surface area contributed by atoms with E-state index in [4.69, 9.17) is 14.2 Å². The molecule has 0 aromatic rings. The summed E-state index contributed by atoms with van der Waals surface area (Å²) in [7, 11) is 1.15. The number of aliphatic hydroxyl groups is 4. The van der Waals surface area contributed by atoms with Crippen LogP contribution < -0.4 is 0 Å². The average Bonchev–Trinajstić information content (AvgIpc) is 2.67. The highest BCUT2D eigenvalue weighted by Gasteiger charge is 2.46. The number of rotatable bonds is 6. The van der Waals surface area contributed by atoms with Gasteiger partial charge in [0.1, 0.15) is 24.4 Å². The van der Waals surface area contributed by atoms with E-state index in [0.717, 1.165) is 13.4 Å². The normalized spacial score (nSPS) is 37.1. The Morgan fingerprint density at radius 3 is 2.43 bits per heavy atom. The van der Waals surface area contributed by atoms with Crippen molar-refractivity contribution in [2.45, 2.75) is 50.3 Å². The minimum Gasteiger partial charge on any atom is -0.481 e. The number of allylic oxidation sites excluding steroid dienone is 1. The highest BCUT2D eigenvalue weighted by atomic mass is 16.8. The molecule has 7 atom stereocenters. The number of aliphatic carboxylic acids is 1. The Morgan fingerprint density at radius 1 is 1.21 bits per heavy atom. The van der Waals surface area contributed by atoms with Gasteiger partial charge in [0.05, 0.1) is 32.0 Å². The fourth-order valence-electron chi connectivity index (χ4n) is 3.10. The number of esters is 1. The van der Waals surface area contributed by atoms with E-state index in [1.54, 1.807) is 6.92 Å². The van der Waals surface area contributed by atoms with Gasteiger partial charge in [-0.3, -0.25) is 4.79 Å². The van der Waals surface area contributed by atoms with E-state index in [2.05, 4.69) is 4.74 Å². The van der Waals surface area contributed by atoms with Gasteiger partial charge in [0.2, 0.25) is 6.29 Å². The Bertz CT molecular complexity index is 641. The first-order chi connectivity index (χ1) is 13.2. The summed E-state index contributed by atoms with van der Waals surface area (Å²) in [6.45, 7) is 0.943. The Labute approximate surface area is 160 Å². The van der Waals surface area contributed by atoms with E-state index in [9.17, 15) is 35.1 Å². The molecule has 28 heavy (non-hydrogen) atoms. The fourth-order valence-corrected chi connectivity index (χ4v) is 3.10. The van der Waals surface area contributed by atoms with Crippen LogP contribution in [-0.2, 0) is 28.5 Å². The predicted octanol–water partition coefficient (Wildman–Crippen LogP) is -1.75. The van der Waals surface area contributed by atoms with Crippen LogP contribution in [0, 0.1) is 5.92 Å². The third kappa shape index (κ3) is 4.51. The van der Waals surface area contributed by atoms with Gasteiger partial charge in [0.15, 0.2) is 6.29 Å². The van der Waals surface area contributed by atoms with Crippen LogP contribution in [-0.4, -0.2) is 88.2 Å². The molecular formula is C17H24O11. The van der Waals surface area contributed by atoms with Gasteiger partial charge in [-0.1, -0.05) is 6.08 Å². The second-order valence-corrected chi connectivity index (χ2v) is 6.31. The molecule has 0 bridgehead atoms. The van der Waals surface area contributed by atoms with Crippen molar-refractivity contribution in [3.63, 3.8) is 0 Å². The molecule has 11 nitrogen and oxygen atoms in total. The molecule has 2 heterocycles. The van der Waals surface area contributed by atoms with E-state index >= 15 is 0 Å². The quantitative estimate of drug-likeness (QED) is 0.251. The molecule has 0 aliphatic carbocycles. The molecular weight excluding hydrogens is 380 g/mol. The Balaban J connectivity index is 2.26. The van der Waals surface area contributed by atoms with Crippen molar-refractivity contribution in [2.75, 3.05) is 13.7 Å². The molecule has 0 radical (unpaired) electrons. The molecule has 0 aromatic carbocycles. The number of aliphatic hydroxyl groups excluding tert-OH is 4. The number of carbonyl (C=O) groups is 2. The van der Waals surface area contributed by atoms with E-state index in [1.165, 1.54) is 6.08 Å². The second-order valence-electron chi connectivity index (χ2n) is 6.31. The monoisotopic (exact) mass is 404 g/mol. The predicted molar refractivity (Wildman–Crippen MR) is 89.3 cm³/mol. The zero-order valence-electron chi connectivity index (χ0n) is 15.3. The van der Waals surface area contributed by atoms with Gasteiger partial charge in [0, 0.05) is 11.5 Å².